The van der Waals surface area contributed by atoms with Crippen LogP contribution in [0.4, 0.5) is 10.5 Å². The number of nitrogens with zero attached hydrogens (tertiary/aromatic N) is 4. The zero-order valence-electron chi connectivity index (χ0n) is 15.4. The predicted octanol–water partition coefficient (Wildman–Crippen LogP) is 2.59. The molecule has 0 bridgehead atoms. The fourth-order valence-corrected chi connectivity index (χ4v) is 2.67. The second-order valence-electron chi connectivity index (χ2n) is 6.19. The number of hydrogen-bond donors (Lipinski definition) is 2. The van der Waals surface area contributed by atoms with Gasteiger partial charge in [-0.05, 0) is 42.3 Å². The highest BCUT2D eigenvalue weighted by Crippen LogP contribution is 2.10. The smallest absolute Gasteiger partial charge is 0.315 e. The summed E-state index contributed by atoms with van der Waals surface area (Å²) in [6.45, 7) is 1.94. The SMILES string of the molecule is CN(CCCNC(=O)NCc1ccnc(-n2cccn2)c1)c1ccccc1. The molecule has 2 N–H and O–H groups in total. The molecule has 1 aromatic carbocycles. The predicted molar refractivity (Wildman–Crippen MR) is 106 cm³/mol. The van der Waals surface area contributed by atoms with Crippen molar-refractivity contribution in [1.82, 2.24) is 25.4 Å². The van der Waals surface area contributed by atoms with E-state index in [1.807, 2.05) is 42.6 Å². The van der Waals surface area contributed by atoms with E-state index in [-0.39, 0.29) is 6.03 Å². The van der Waals surface area contributed by atoms with E-state index < -0.39 is 0 Å². The van der Waals surface area contributed by atoms with Gasteiger partial charge in [-0.3, -0.25) is 0 Å². The Kier molecular flexibility index (Phi) is 6.40. The summed E-state index contributed by atoms with van der Waals surface area (Å²) in [4.78, 5) is 18.4. The van der Waals surface area contributed by atoms with Crippen molar-refractivity contribution >= 4 is 11.7 Å². The molecule has 27 heavy (non-hydrogen) atoms. The number of aromatic nitrogens is 3. The molecule has 0 aliphatic carbocycles. The van der Waals surface area contributed by atoms with Gasteiger partial charge in [-0.25, -0.2) is 14.5 Å². The van der Waals surface area contributed by atoms with Crippen molar-refractivity contribution in [3.63, 3.8) is 0 Å². The first kappa shape index (κ1) is 18.4. The van der Waals surface area contributed by atoms with Gasteiger partial charge in [-0.2, -0.15) is 5.10 Å². The summed E-state index contributed by atoms with van der Waals surface area (Å²) < 4.78 is 1.69. The third-order valence-corrected chi connectivity index (χ3v) is 4.15. The summed E-state index contributed by atoms with van der Waals surface area (Å²) in [6.07, 6.45) is 6.12. The molecule has 0 aliphatic heterocycles. The molecule has 3 aromatic rings. The lowest BCUT2D eigenvalue weighted by Crippen LogP contribution is -2.36. The summed E-state index contributed by atoms with van der Waals surface area (Å²) in [5.41, 5.74) is 2.14. The maximum absolute atomic E-state index is 12.0. The minimum absolute atomic E-state index is 0.171. The second kappa shape index (κ2) is 9.38. The van der Waals surface area contributed by atoms with Crippen molar-refractivity contribution in [2.45, 2.75) is 13.0 Å². The first-order chi connectivity index (χ1) is 13.2. The molecule has 0 atom stereocenters. The van der Waals surface area contributed by atoms with E-state index >= 15 is 0 Å². The largest absolute Gasteiger partial charge is 0.375 e. The zero-order valence-corrected chi connectivity index (χ0v) is 15.4. The summed E-state index contributed by atoms with van der Waals surface area (Å²) >= 11 is 0. The lowest BCUT2D eigenvalue weighted by molar-refractivity contribution is 0.240. The fraction of sp³-hybridized carbons (Fsp3) is 0.250. The molecule has 3 rings (SSSR count). The zero-order chi connectivity index (χ0) is 18.9. The number of anilines is 1. The third-order valence-electron chi connectivity index (χ3n) is 4.15. The first-order valence-electron chi connectivity index (χ1n) is 8.95. The summed E-state index contributed by atoms with van der Waals surface area (Å²) in [5.74, 6) is 0.726. The van der Waals surface area contributed by atoms with Crippen LogP contribution in [0.25, 0.3) is 5.82 Å². The van der Waals surface area contributed by atoms with Crippen molar-refractivity contribution in [3.05, 3.63) is 72.7 Å². The maximum atomic E-state index is 12.0. The average molecular weight is 364 g/mol. The lowest BCUT2D eigenvalue weighted by atomic mass is 10.2. The molecule has 7 nitrogen and oxygen atoms in total. The van der Waals surface area contributed by atoms with Crippen LogP contribution in [0.2, 0.25) is 0 Å². The van der Waals surface area contributed by atoms with E-state index in [2.05, 4.69) is 44.8 Å². The van der Waals surface area contributed by atoms with Gasteiger partial charge in [0.2, 0.25) is 0 Å². The van der Waals surface area contributed by atoms with Crippen LogP contribution in [0.3, 0.4) is 0 Å². The highest BCUT2D eigenvalue weighted by atomic mass is 16.2. The van der Waals surface area contributed by atoms with Crippen LogP contribution >= 0.6 is 0 Å². The van der Waals surface area contributed by atoms with Crippen LogP contribution in [0.15, 0.2) is 67.1 Å². The van der Waals surface area contributed by atoms with Gasteiger partial charge in [0.1, 0.15) is 0 Å². The van der Waals surface area contributed by atoms with Crippen LogP contribution in [0.5, 0.6) is 0 Å². The Labute approximate surface area is 159 Å². The number of carbonyl (C=O) groups is 1. The van der Waals surface area contributed by atoms with E-state index in [1.54, 1.807) is 17.1 Å². The quantitative estimate of drug-likeness (QED) is 0.603. The van der Waals surface area contributed by atoms with E-state index in [1.165, 1.54) is 5.69 Å². The number of hydrogen-bond acceptors (Lipinski definition) is 4. The van der Waals surface area contributed by atoms with Crippen molar-refractivity contribution < 1.29 is 4.79 Å². The van der Waals surface area contributed by atoms with E-state index in [0.717, 1.165) is 24.3 Å². The van der Waals surface area contributed by atoms with Crippen molar-refractivity contribution in [2.24, 2.45) is 0 Å². The standard InChI is InChI=1S/C20H24N6O/c1-25(18-7-3-2-4-8-18)13-5-10-22-20(27)23-16-17-9-12-21-19(15-17)26-14-6-11-24-26/h2-4,6-9,11-12,14-15H,5,10,13,16H2,1H3,(H2,22,23,27). The van der Waals surface area contributed by atoms with Gasteiger partial charge >= 0.3 is 6.03 Å². The van der Waals surface area contributed by atoms with E-state index in [0.29, 0.717) is 13.1 Å². The number of amides is 2. The third kappa shape index (κ3) is 5.57. The second-order valence-corrected chi connectivity index (χ2v) is 6.19. The molecule has 2 aromatic heterocycles. The number of para-hydroxylation sites is 1. The highest BCUT2D eigenvalue weighted by Gasteiger charge is 2.04. The van der Waals surface area contributed by atoms with Gasteiger partial charge in [0, 0.05) is 51.0 Å². The molecule has 0 saturated carbocycles. The molecule has 140 valence electrons. The highest BCUT2D eigenvalue weighted by molar-refractivity contribution is 5.73. The Hall–Kier alpha value is -3.35. The van der Waals surface area contributed by atoms with E-state index in [4.69, 9.17) is 0 Å². The van der Waals surface area contributed by atoms with E-state index in [9.17, 15) is 4.79 Å². The van der Waals surface area contributed by atoms with Crippen LogP contribution in [0.1, 0.15) is 12.0 Å². The molecule has 2 amide bonds. The summed E-state index contributed by atoms with van der Waals surface area (Å²) in [5, 5.41) is 9.92. The molecule has 0 radical (unpaired) electrons. The molecule has 2 heterocycles. The molecule has 0 unspecified atom stereocenters. The number of benzene rings is 1. The van der Waals surface area contributed by atoms with Crippen LogP contribution < -0.4 is 15.5 Å². The normalized spacial score (nSPS) is 10.4. The van der Waals surface area contributed by atoms with Crippen LogP contribution in [0, 0.1) is 0 Å². The molecule has 0 saturated heterocycles. The Morgan fingerprint density at radius 3 is 2.74 bits per heavy atom. The first-order valence-corrected chi connectivity index (χ1v) is 8.95. The van der Waals surface area contributed by atoms with Gasteiger partial charge in [-0.1, -0.05) is 18.2 Å². The van der Waals surface area contributed by atoms with Gasteiger partial charge in [0.25, 0.3) is 0 Å². The van der Waals surface area contributed by atoms with Crippen LogP contribution in [-0.2, 0) is 6.54 Å². The Morgan fingerprint density at radius 2 is 1.96 bits per heavy atom. The van der Waals surface area contributed by atoms with Crippen LogP contribution in [-0.4, -0.2) is 40.9 Å². The molecular formula is C20H24N6O. The molecule has 0 fully saturated rings. The summed E-state index contributed by atoms with van der Waals surface area (Å²) in [6, 6.07) is 15.7. The van der Waals surface area contributed by atoms with Gasteiger partial charge in [-0.15, -0.1) is 0 Å². The maximum Gasteiger partial charge on any atom is 0.315 e. The average Bonchev–Trinajstić information content (AvgIpc) is 3.25. The number of carbonyl (C=O) groups excluding carboxylic acids is 1. The van der Waals surface area contributed by atoms with Crippen molar-refractivity contribution in [1.29, 1.82) is 0 Å². The fourth-order valence-electron chi connectivity index (χ4n) is 2.67. The van der Waals surface area contributed by atoms with Gasteiger partial charge in [0.15, 0.2) is 5.82 Å². The molecule has 0 aliphatic rings. The molecule has 7 heteroatoms. The Morgan fingerprint density at radius 1 is 1.11 bits per heavy atom. The monoisotopic (exact) mass is 364 g/mol. The topological polar surface area (TPSA) is 75.1 Å². The minimum Gasteiger partial charge on any atom is -0.375 e. The Balaban J connectivity index is 1.37. The number of rotatable bonds is 8. The number of urea groups is 1. The Bertz CT molecular complexity index is 835. The minimum atomic E-state index is -0.171. The number of pyridine rings is 1. The number of nitrogens with one attached hydrogen (secondary N) is 2. The van der Waals surface area contributed by atoms with Crippen molar-refractivity contribution in [2.75, 3.05) is 25.0 Å². The van der Waals surface area contributed by atoms with Gasteiger partial charge < -0.3 is 15.5 Å². The summed E-state index contributed by atoms with van der Waals surface area (Å²) in [7, 11) is 2.05. The van der Waals surface area contributed by atoms with Gasteiger partial charge in [0.05, 0.1) is 0 Å². The molecular weight excluding hydrogens is 340 g/mol. The lowest BCUT2D eigenvalue weighted by Gasteiger charge is -2.19. The molecule has 0 spiro atoms. The van der Waals surface area contributed by atoms with Crippen molar-refractivity contribution in [3.8, 4) is 5.82 Å².